The van der Waals surface area contributed by atoms with Gasteiger partial charge in [0.05, 0.1) is 21.3 Å². The molecule has 0 unspecified atom stereocenters. The van der Waals surface area contributed by atoms with Gasteiger partial charge in [-0.1, -0.05) is 25.6 Å². The summed E-state index contributed by atoms with van der Waals surface area (Å²) in [6, 6.07) is 0. The van der Waals surface area contributed by atoms with E-state index in [9.17, 15) is 0 Å². The second kappa shape index (κ2) is 3.56. The Morgan fingerprint density at radius 1 is 1.18 bits per heavy atom. The zero-order valence-corrected chi connectivity index (χ0v) is 8.46. The first kappa shape index (κ1) is 9.03. The highest BCUT2D eigenvalue weighted by atomic mass is 28.3. The van der Waals surface area contributed by atoms with Gasteiger partial charge in [-0.15, -0.1) is 5.70 Å². The molecule has 0 aromatic heterocycles. The molecule has 1 aliphatic heterocycles. The summed E-state index contributed by atoms with van der Waals surface area (Å²) in [5.74, 6) is 2.04. The second-order valence-electron chi connectivity index (χ2n) is 3.84. The molecule has 1 saturated heterocycles. The van der Waals surface area contributed by atoms with E-state index in [1.807, 2.05) is 5.98 Å². The van der Waals surface area contributed by atoms with Crippen LogP contribution in [0.25, 0.3) is 0 Å². The van der Waals surface area contributed by atoms with Crippen LogP contribution in [-0.4, -0.2) is 28.4 Å². The first-order chi connectivity index (χ1) is 5.08. The second-order valence-corrected chi connectivity index (χ2v) is 8.90. The smallest absolute Gasteiger partial charge is 0.405 e. The van der Waals surface area contributed by atoms with E-state index in [0.717, 1.165) is 13.2 Å². The molecule has 0 aromatic carbocycles. The van der Waals surface area contributed by atoms with E-state index in [4.69, 9.17) is 9.31 Å². The average Bonchev–Trinajstić information content (AvgIpc) is 2.32. The molecule has 1 rings (SSSR count). The number of hydrogen-bond acceptors (Lipinski definition) is 2. The fourth-order valence-electron chi connectivity index (χ4n) is 0.855. The lowest BCUT2D eigenvalue weighted by atomic mass is 9.92. The molecule has 0 N–H and O–H groups in total. The molecule has 0 spiro atoms. The molecule has 62 valence electrons. The number of rotatable bonds is 2. The highest BCUT2D eigenvalue weighted by Crippen LogP contribution is 2.05. The van der Waals surface area contributed by atoms with Crippen LogP contribution in [0.4, 0.5) is 0 Å². The molecule has 1 aliphatic rings. The molecule has 1 heterocycles. The van der Waals surface area contributed by atoms with Crippen LogP contribution < -0.4 is 0 Å². The van der Waals surface area contributed by atoms with Gasteiger partial charge in [-0.2, -0.15) is 0 Å². The van der Waals surface area contributed by atoms with Crippen molar-refractivity contribution in [2.45, 2.75) is 19.6 Å². The third-order valence-electron chi connectivity index (χ3n) is 1.40. The van der Waals surface area contributed by atoms with Gasteiger partial charge in [0.2, 0.25) is 0 Å². The fourth-order valence-corrected chi connectivity index (χ4v) is 1.59. The van der Waals surface area contributed by atoms with E-state index >= 15 is 0 Å². The summed E-state index contributed by atoms with van der Waals surface area (Å²) in [6.45, 7) is 8.34. The summed E-state index contributed by atoms with van der Waals surface area (Å²) < 4.78 is 10.5. The normalized spacial score (nSPS) is 20.1. The predicted octanol–water partition coefficient (Wildman–Crippen LogP) is 1.49. The maximum atomic E-state index is 5.26. The molecule has 2 nitrogen and oxygen atoms in total. The van der Waals surface area contributed by atoms with Crippen molar-refractivity contribution in [3.8, 4) is 0 Å². The molecule has 0 saturated carbocycles. The Bertz CT molecular complexity index is 147. The van der Waals surface area contributed by atoms with Crippen molar-refractivity contribution in [3.05, 3.63) is 11.7 Å². The van der Waals surface area contributed by atoms with Gasteiger partial charge in [0.15, 0.2) is 0 Å². The van der Waals surface area contributed by atoms with Crippen LogP contribution in [-0.2, 0) is 9.31 Å². The lowest BCUT2D eigenvalue weighted by molar-refractivity contribution is 0.365. The summed E-state index contributed by atoms with van der Waals surface area (Å²) >= 11 is 0. The van der Waals surface area contributed by atoms with Crippen LogP contribution in [0, 0.1) is 0 Å². The van der Waals surface area contributed by atoms with E-state index in [2.05, 4.69) is 25.3 Å². The van der Waals surface area contributed by atoms with Crippen LogP contribution in [0.15, 0.2) is 11.7 Å². The van der Waals surface area contributed by atoms with Crippen LogP contribution in [0.2, 0.25) is 19.6 Å². The van der Waals surface area contributed by atoms with Crippen LogP contribution in [0.5, 0.6) is 0 Å². The Hall–Kier alpha value is -0.0582. The Morgan fingerprint density at radius 3 is 2.18 bits per heavy atom. The largest absolute Gasteiger partial charge is 0.485 e. The third kappa shape index (κ3) is 3.74. The molecule has 4 heteroatoms. The van der Waals surface area contributed by atoms with Crippen molar-refractivity contribution in [1.29, 1.82) is 0 Å². The quantitative estimate of drug-likeness (QED) is 0.584. The van der Waals surface area contributed by atoms with E-state index < -0.39 is 8.07 Å². The van der Waals surface area contributed by atoms with Gasteiger partial charge in [-0.05, 0) is 0 Å². The van der Waals surface area contributed by atoms with Crippen LogP contribution >= 0.6 is 0 Å². The fraction of sp³-hybridized carbons (Fsp3) is 0.714. The highest BCUT2D eigenvalue weighted by molar-refractivity contribution is 6.81. The average molecular weight is 170 g/mol. The summed E-state index contributed by atoms with van der Waals surface area (Å²) in [5, 5.41) is 0. The molecule has 0 bridgehead atoms. The monoisotopic (exact) mass is 170 g/mol. The minimum atomic E-state index is -1.07. The minimum absolute atomic E-state index is 0.0678. The Kier molecular flexibility index (Phi) is 2.92. The van der Waals surface area contributed by atoms with E-state index in [0.29, 0.717) is 0 Å². The predicted molar refractivity (Wildman–Crippen MR) is 50.1 cm³/mol. The minimum Gasteiger partial charge on any atom is -0.405 e. The number of hydrogen-bond donors (Lipinski definition) is 0. The Labute approximate surface area is 69.7 Å². The molecule has 0 amide bonds. The van der Waals surface area contributed by atoms with Gasteiger partial charge in [0.1, 0.15) is 0 Å². The maximum absolute atomic E-state index is 5.26. The van der Waals surface area contributed by atoms with Crippen molar-refractivity contribution in [2.24, 2.45) is 0 Å². The molecular formula is C7H15BO2Si. The lowest BCUT2D eigenvalue weighted by Gasteiger charge is -2.08. The van der Waals surface area contributed by atoms with Gasteiger partial charge >= 0.3 is 7.12 Å². The van der Waals surface area contributed by atoms with Crippen molar-refractivity contribution in [3.63, 3.8) is 0 Å². The maximum Gasteiger partial charge on any atom is 0.485 e. The summed E-state index contributed by atoms with van der Waals surface area (Å²) in [5.41, 5.74) is 2.25. The molecule has 0 radical (unpaired) electrons. The van der Waals surface area contributed by atoms with E-state index in [-0.39, 0.29) is 7.12 Å². The van der Waals surface area contributed by atoms with Gasteiger partial charge in [0.25, 0.3) is 0 Å². The van der Waals surface area contributed by atoms with Gasteiger partial charge in [-0.25, -0.2) is 0 Å². The van der Waals surface area contributed by atoms with E-state index in [1.165, 1.54) is 0 Å². The summed E-state index contributed by atoms with van der Waals surface area (Å²) in [4.78, 5) is 0. The van der Waals surface area contributed by atoms with Crippen molar-refractivity contribution in [1.82, 2.24) is 0 Å². The molecule has 0 atom stereocenters. The van der Waals surface area contributed by atoms with Crippen molar-refractivity contribution in [2.75, 3.05) is 13.2 Å². The summed E-state index contributed by atoms with van der Waals surface area (Å²) in [6.07, 6.45) is 0. The topological polar surface area (TPSA) is 18.5 Å². The van der Waals surface area contributed by atoms with Crippen LogP contribution in [0.1, 0.15) is 0 Å². The SMILES string of the molecule is C[Si](C)(C)/C=C/B1OCCO1. The van der Waals surface area contributed by atoms with Gasteiger partial charge in [0, 0.05) is 0 Å². The van der Waals surface area contributed by atoms with Gasteiger partial charge in [-0.3, -0.25) is 0 Å². The Morgan fingerprint density at radius 2 is 1.73 bits per heavy atom. The zero-order chi connectivity index (χ0) is 8.32. The zero-order valence-electron chi connectivity index (χ0n) is 7.46. The third-order valence-corrected chi connectivity index (χ3v) is 2.59. The molecule has 11 heavy (non-hydrogen) atoms. The van der Waals surface area contributed by atoms with E-state index in [1.54, 1.807) is 0 Å². The lowest BCUT2D eigenvalue weighted by Crippen LogP contribution is -2.19. The first-order valence-electron chi connectivity index (χ1n) is 4.00. The van der Waals surface area contributed by atoms with Crippen LogP contribution in [0.3, 0.4) is 0 Å². The molecule has 1 fully saturated rings. The standard InChI is InChI=1S/C7H15BO2Si/c1-11(2,3)7-4-8-9-5-6-10-8/h4,7H,5-6H2,1-3H3/b7-4+. The molecule has 0 aromatic rings. The van der Waals surface area contributed by atoms with Crippen molar-refractivity contribution >= 4 is 15.2 Å². The summed E-state index contributed by atoms with van der Waals surface area (Å²) in [7, 11) is -1.13. The Balaban J connectivity index is 2.34. The highest BCUT2D eigenvalue weighted by Gasteiger charge is 2.20. The first-order valence-corrected chi connectivity index (χ1v) is 7.58. The van der Waals surface area contributed by atoms with Crippen molar-refractivity contribution < 1.29 is 9.31 Å². The molecule has 0 aliphatic carbocycles. The van der Waals surface area contributed by atoms with Gasteiger partial charge < -0.3 is 9.31 Å². The molecular weight excluding hydrogens is 155 g/mol.